The summed E-state index contributed by atoms with van der Waals surface area (Å²) >= 11 is 5.58. The van der Waals surface area contributed by atoms with Gasteiger partial charge < -0.3 is 5.32 Å². The van der Waals surface area contributed by atoms with Gasteiger partial charge in [-0.15, -0.1) is 0 Å². The predicted octanol–water partition coefficient (Wildman–Crippen LogP) is 4.52. The highest BCUT2D eigenvalue weighted by Crippen LogP contribution is 2.27. The molecule has 0 unspecified atom stereocenters. The Morgan fingerprint density at radius 2 is 2.00 bits per heavy atom. The van der Waals surface area contributed by atoms with Crippen molar-refractivity contribution < 1.29 is 0 Å². The van der Waals surface area contributed by atoms with Gasteiger partial charge in [-0.1, -0.05) is 28.1 Å². The van der Waals surface area contributed by atoms with Crippen molar-refractivity contribution in [2.24, 2.45) is 0 Å². The van der Waals surface area contributed by atoms with Crippen molar-refractivity contribution >= 4 is 27.7 Å². The lowest BCUT2D eigenvalue weighted by molar-refractivity contribution is 0.379. The molecule has 0 saturated heterocycles. The Kier molecular flexibility index (Phi) is 5.58. The Balaban J connectivity index is 1.79. The van der Waals surface area contributed by atoms with Crippen LogP contribution in [0.5, 0.6) is 0 Å². The van der Waals surface area contributed by atoms with E-state index in [1.807, 2.05) is 11.8 Å². The molecule has 1 fully saturated rings. The van der Waals surface area contributed by atoms with Crippen LogP contribution in [0.3, 0.4) is 0 Å². The number of benzene rings is 1. The Hall–Kier alpha value is 0.01000. The maximum absolute atomic E-state index is 3.70. The van der Waals surface area contributed by atoms with Gasteiger partial charge in [-0.2, -0.15) is 11.8 Å². The van der Waals surface area contributed by atoms with Gasteiger partial charge in [-0.3, -0.25) is 0 Å². The molecule has 100 valence electrons. The van der Waals surface area contributed by atoms with E-state index in [-0.39, 0.29) is 0 Å². The summed E-state index contributed by atoms with van der Waals surface area (Å²) in [4.78, 5) is 0. The van der Waals surface area contributed by atoms with Crippen LogP contribution in [0.25, 0.3) is 0 Å². The van der Waals surface area contributed by atoms with Crippen LogP contribution in [0.4, 0.5) is 0 Å². The molecular weight excluding hydrogens is 306 g/mol. The van der Waals surface area contributed by atoms with Gasteiger partial charge in [0.15, 0.2) is 0 Å². The van der Waals surface area contributed by atoms with Gasteiger partial charge in [-0.05, 0) is 56.1 Å². The van der Waals surface area contributed by atoms with Gasteiger partial charge in [0.1, 0.15) is 0 Å². The van der Waals surface area contributed by atoms with Crippen LogP contribution in [0.1, 0.15) is 36.8 Å². The summed E-state index contributed by atoms with van der Waals surface area (Å²) in [6, 6.07) is 7.34. The highest BCUT2D eigenvalue weighted by molar-refractivity contribution is 9.10. The van der Waals surface area contributed by atoms with Gasteiger partial charge in [-0.25, -0.2) is 0 Å². The van der Waals surface area contributed by atoms with Crippen molar-refractivity contribution in [3.8, 4) is 0 Å². The molecule has 0 spiro atoms. The standard InChI is InChI=1S/C15H22BrNS/c1-11-9-12(3-8-15(11)16)10-17-13-4-6-14(18-2)7-5-13/h3,8-9,13-14,17H,4-7,10H2,1-2H3. The molecule has 0 heterocycles. The van der Waals surface area contributed by atoms with E-state index in [1.165, 1.54) is 41.3 Å². The minimum absolute atomic E-state index is 0.720. The van der Waals surface area contributed by atoms with Crippen molar-refractivity contribution in [1.82, 2.24) is 5.32 Å². The zero-order chi connectivity index (χ0) is 13.0. The Labute approximate surface area is 123 Å². The maximum Gasteiger partial charge on any atom is 0.0208 e. The van der Waals surface area contributed by atoms with Crippen LogP contribution in [0, 0.1) is 6.92 Å². The van der Waals surface area contributed by atoms with Crippen molar-refractivity contribution in [1.29, 1.82) is 0 Å². The fourth-order valence-electron chi connectivity index (χ4n) is 2.58. The molecule has 0 amide bonds. The first-order valence-electron chi connectivity index (χ1n) is 6.70. The molecule has 1 aliphatic carbocycles. The molecule has 0 atom stereocenters. The quantitative estimate of drug-likeness (QED) is 0.872. The number of rotatable bonds is 4. The second kappa shape index (κ2) is 6.97. The first-order valence-corrected chi connectivity index (χ1v) is 8.78. The van der Waals surface area contributed by atoms with Gasteiger partial charge in [0.2, 0.25) is 0 Å². The van der Waals surface area contributed by atoms with E-state index >= 15 is 0 Å². The zero-order valence-corrected chi connectivity index (χ0v) is 13.6. The molecule has 0 aromatic heterocycles. The SMILES string of the molecule is CSC1CCC(NCc2ccc(Br)c(C)c2)CC1. The van der Waals surface area contributed by atoms with Gasteiger partial charge in [0.25, 0.3) is 0 Å². The van der Waals surface area contributed by atoms with Crippen LogP contribution in [0.2, 0.25) is 0 Å². The second-order valence-corrected chi connectivity index (χ2v) is 7.17. The number of halogens is 1. The second-order valence-electron chi connectivity index (χ2n) is 5.17. The monoisotopic (exact) mass is 327 g/mol. The van der Waals surface area contributed by atoms with Crippen molar-refractivity contribution in [2.75, 3.05) is 6.26 Å². The van der Waals surface area contributed by atoms with E-state index in [9.17, 15) is 0 Å². The van der Waals surface area contributed by atoms with Crippen molar-refractivity contribution in [3.05, 3.63) is 33.8 Å². The Morgan fingerprint density at radius 1 is 1.28 bits per heavy atom. The topological polar surface area (TPSA) is 12.0 Å². The van der Waals surface area contributed by atoms with E-state index < -0.39 is 0 Å². The van der Waals surface area contributed by atoms with Crippen LogP contribution in [-0.2, 0) is 6.54 Å². The molecule has 1 N–H and O–H groups in total. The lowest BCUT2D eigenvalue weighted by Gasteiger charge is -2.28. The van der Waals surface area contributed by atoms with Crippen LogP contribution < -0.4 is 5.32 Å². The first-order chi connectivity index (χ1) is 8.69. The third-order valence-electron chi connectivity index (χ3n) is 3.82. The van der Waals surface area contributed by atoms with E-state index in [2.05, 4.69) is 52.6 Å². The molecule has 1 aromatic rings. The molecule has 18 heavy (non-hydrogen) atoms. The predicted molar refractivity (Wildman–Crippen MR) is 85.3 cm³/mol. The number of thioether (sulfide) groups is 1. The first kappa shape index (κ1) is 14.4. The highest BCUT2D eigenvalue weighted by atomic mass is 79.9. The average molecular weight is 328 g/mol. The number of aryl methyl sites for hydroxylation is 1. The largest absolute Gasteiger partial charge is 0.310 e. The average Bonchev–Trinajstić information content (AvgIpc) is 2.41. The van der Waals surface area contributed by atoms with Crippen molar-refractivity contribution in [2.45, 2.75) is 50.4 Å². The maximum atomic E-state index is 3.70. The molecular formula is C15H22BrNS. The molecule has 2 rings (SSSR count). The third-order valence-corrected chi connectivity index (χ3v) is 5.85. The molecule has 1 aromatic carbocycles. The molecule has 0 radical (unpaired) electrons. The zero-order valence-electron chi connectivity index (χ0n) is 11.2. The van der Waals surface area contributed by atoms with E-state index in [1.54, 1.807) is 0 Å². The van der Waals surface area contributed by atoms with Gasteiger partial charge in [0.05, 0.1) is 0 Å². The molecule has 3 heteroatoms. The number of nitrogens with one attached hydrogen (secondary N) is 1. The number of hydrogen-bond acceptors (Lipinski definition) is 2. The van der Waals surface area contributed by atoms with E-state index in [4.69, 9.17) is 0 Å². The summed E-state index contributed by atoms with van der Waals surface area (Å²) in [6.45, 7) is 3.15. The minimum atomic E-state index is 0.720. The van der Waals surface area contributed by atoms with Crippen LogP contribution >= 0.6 is 27.7 Å². The summed E-state index contributed by atoms with van der Waals surface area (Å²) in [5.41, 5.74) is 2.71. The Bertz CT molecular complexity index is 386. The number of hydrogen-bond donors (Lipinski definition) is 1. The summed E-state index contributed by atoms with van der Waals surface area (Å²) < 4.78 is 1.20. The molecule has 1 nitrogen and oxygen atoms in total. The van der Waals surface area contributed by atoms with Crippen molar-refractivity contribution in [3.63, 3.8) is 0 Å². The molecule has 1 saturated carbocycles. The molecule has 1 aliphatic rings. The lowest BCUT2D eigenvalue weighted by Crippen LogP contribution is -2.33. The molecule has 0 bridgehead atoms. The van der Waals surface area contributed by atoms with E-state index in [0.29, 0.717) is 0 Å². The van der Waals surface area contributed by atoms with Crippen LogP contribution in [0.15, 0.2) is 22.7 Å². The van der Waals surface area contributed by atoms with Gasteiger partial charge >= 0.3 is 0 Å². The van der Waals surface area contributed by atoms with E-state index in [0.717, 1.165) is 17.8 Å². The lowest BCUT2D eigenvalue weighted by atomic mass is 9.95. The molecule has 0 aliphatic heterocycles. The minimum Gasteiger partial charge on any atom is -0.310 e. The summed E-state index contributed by atoms with van der Waals surface area (Å²) in [7, 11) is 0. The van der Waals surface area contributed by atoms with Crippen LogP contribution in [-0.4, -0.2) is 17.5 Å². The fraction of sp³-hybridized carbons (Fsp3) is 0.600. The fourth-order valence-corrected chi connectivity index (χ4v) is 3.57. The van der Waals surface area contributed by atoms with Gasteiger partial charge in [0, 0.05) is 22.3 Å². The highest BCUT2D eigenvalue weighted by Gasteiger charge is 2.19. The smallest absolute Gasteiger partial charge is 0.0208 e. The normalized spacial score (nSPS) is 24.2. The summed E-state index contributed by atoms with van der Waals surface area (Å²) in [5, 5.41) is 4.61. The summed E-state index contributed by atoms with van der Waals surface area (Å²) in [5.74, 6) is 0. The third kappa shape index (κ3) is 4.01. The Morgan fingerprint density at radius 3 is 2.61 bits per heavy atom. The summed E-state index contributed by atoms with van der Waals surface area (Å²) in [6.07, 6.45) is 7.65.